The van der Waals surface area contributed by atoms with E-state index in [0.717, 1.165) is 22.4 Å². The zero-order valence-corrected chi connectivity index (χ0v) is 16.5. The molecular formula is C21H27FN4O. The molecule has 0 heterocycles. The zero-order chi connectivity index (χ0) is 20.1. The summed E-state index contributed by atoms with van der Waals surface area (Å²) in [6.07, 6.45) is 3.43. The van der Waals surface area contributed by atoms with Gasteiger partial charge in [0, 0.05) is 25.2 Å². The van der Waals surface area contributed by atoms with E-state index >= 15 is 0 Å². The molecule has 0 aliphatic rings. The van der Waals surface area contributed by atoms with Crippen LogP contribution in [0.15, 0.2) is 36.5 Å². The molecule has 0 spiro atoms. The molecular weight excluding hydrogens is 343 g/mol. The van der Waals surface area contributed by atoms with Crippen LogP contribution in [0.4, 0.5) is 10.1 Å². The van der Waals surface area contributed by atoms with E-state index in [2.05, 4.69) is 5.32 Å². The van der Waals surface area contributed by atoms with Gasteiger partial charge in [-0.05, 0) is 74.0 Å². The Morgan fingerprint density at radius 1 is 1.26 bits per heavy atom. The summed E-state index contributed by atoms with van der Waals surface area (Å²) in [5, 5.41) is 12.5. The lowest BCUT2D eigenvalue weighted by Crippen LogP contribution is -2.27. The Hall–Kier alpha value is -2.86. The minimum atomic E-state index is -0.285. The quantitative estimate of drug-likeness (QED) is 0.394. The highest BCUT2D eigenvalue weighted by atomic mass is 19.1. The molecule has 0 fully saturated rings. The van der Waals surface area contributed by atoms with Crippen LogP contribution in [-0.2, 0) is 6.61 Å². The molecule has 0 aliphatic heterocycles. The molecule has 5 nitrogen and oxygen atoms in total. The van der Waals surface area contributed by atoms with Crippen molar-refractivity contribution in [3.05, 3.63) is 70.2 Å². The summed E-state index contributed by atoms with van der Waals surface area (Å²) in [5.74, 6) is 6.29. The number of hydrogen-bond acceptors (Lipinski definition) is 5. The molecule has 0 saturated carbocycles. The highest BCUT2D eigenvalue weighted by molar-refractivity contribution is 6.07. The fraction of sp³-hybridized carbons (Fsp3) is 0.286. The molecule has 0 saturated heterocycles. The Balaban J connectivity index is 2.30. The molecule has 0 radical (unpaired) electrons. The van der Waals surface area contributed by atoms with E-state index in [1.165, 1.54) is 11.1 Å². The summed E-state index contributed by atoms with van der Waals surface area (Å²) in [6.45, 7) is 5.80. The third-order valence-electron chi connectivity index (χ3n) is 4.49. The zero-order valence-electron chi connectivity index (χ0n) is 16.5. The van der Waals surface area contributed by atoms with Crippen LogP contribution in [0, 0.1) is 32.0 Å². The average molecular weight is 370 g/mol. The van der Waals surface area contributed by atoms with Crippen LogP contribution in [0.25, 0.3) is 0 Å². The monoisotopic (exact) mass is 370 g/mol. The van der Waals surface area contributed by atoms with Gasteiger partial charge in [-0.25, -0.2) is 10.2 Å². The summed E-state index contributed by atoms with van der Waals surface area (Å²) in [6, 6.07) is 6.90. The van der Waals surface area contributed by atoms with E-state index < -0.39 is 0 Å². The summed E-state index contributed by atoms with van der Waals surface area (Å²) in [4.78, 5) is 0. The van der Waals surface area contributed by atoms with Crippen molar-refractivity contribution < 1.29 is 9.13 Å². The number of rotatable bonds is 7. The van der Waals surface area contributed by atoms with Gasteiger partial charge in [-0.15, -0.1) is 0 Å². The number of hydrazine groups is 1. The van der Waals surface area contributed by atoms with E-state index in [-0.39, 0.29) is 12.4 Å². The summed E-state index contributed by atoms with van der Waals surface area (Å²) in [5.41, 5.74) is 5.07. The van der Waals surface area contributed by atoms with Gasteiger partial charge in [0.15, 0.2) is 0 Å². The third kappa shape index (κ3) is 4.65. The van der Waals surface area contributed by atoms with Crippen LogP contribution in [0.3, 0.4) is 0 Å². The van der Waals surface area contributed by atoms with Gasteiger partial charge < -0.3 is 20.5 Å². The number of ether oxygens (including phenoxy) is 1. The molecule has 0 aromatic heterocycles. The van der Waals surface area contributed by atoms with Gasteiger partial charge in [-0.2, -0.15) is 0 Å². The number of hydrogen-bond donors (Lipinski definition) is 3. The van der Waals surface area contributed by atoms with Gasteiger partial charge in [0.1, 0.15) is 18.2 Å². The minimum absolute atomic E-state index is 0.206. The second-order valence-electron chi connectivity index (χ2n) is 6.54. The van der Waals surface area contributed by atoms with E-state index in [1.54, 1.807) is 39.4 Å². The number of aryl methyl sites for hydroxylation is 2. The van der Waals surface area contributed by atoms with Crippen molar-refractivity contribution in [1.82, 2.24) is 5.32 Å². The Morgan fingerprint density at radius 2 is 1.96 bits per heavy atom. The first-order valence-electron chi connectivity index (χ1n) is 8.69. The minimum Gasteiger partial charge on any atom is -0.489 e. The third-order valence-corrected chi connectivity index (χ3v) is 4.49. The number of nitrogens with zero attached hydrogens (tertiary/aromatic N) is 1. The predicted molar refractivity (Wildman–Crippen MR) is 109 cm³/mol. The number of benzene rings is 2. The highest BCUT2D eigenvalue weighted by Crippen LogP contribution is 2.28. The Bertz CT molecular complexity index is 875. The standard InChI is InChI=1S/C21H27FN4O/c1-13-11-21(14(2)10-16(13)19(23)8-9-25-4)27-12-17-15(3)18(22)6-7-20(17)26(5)24/h6-11,23,25H,12,24H2,1-5H3/b9-8-,23-19?. The number of nitrogens with one attached hydrogen (secondary N) is 2. The Morgan fingerprint density at radius 3 is 2.59 bits per heavy atom. The second-order valence-corrected chi connectivity index (χ2v) is 6.54. The molecule has 0 aliphatic carbocycles. The molecule has 27 heavy (non-hydrogen) atoms. The average Bonchev–Trinajstić information content (AvgIpc) is 2.62. The summed E-state index contributed by atoms with van der Waals surface area (Å²) in [7, 11) is 3.50. The van der Waals surface area contributed by atoms with Crippen molar-refractivity contribution >= 4 is 11.4 Å². The van der Waals surface area contributed by atoms with Crippen molar-refractivity contribution in [2.75, 3.05) is 19.1 Å². The summed E-state index contributed by atoms with van der Waals surface area (Å²) < 4.78 is 20.0. The van der Waals surface area contributed by atoms with Gasteiger partial charge in [-0.1, -0.05) is 0 Å². The Kier molecular flexibility index (Phi) is 6.58. The number of nitrogens with two attached hydrogens (primary N) is 1. The maximum atomic E-state index is 14.0. The van der Waals surface area contributed by atoms with E-state index in [9.17, 15) is 4.39 Å². The molecule has 2 aromatic rings. The van der Waals surface area contributed by atoms with Crippen molar-refractivity contribution in [2.24, 2.45) is 5.84 Å². The van der Waals surface area contributed by atoms with Crippen LogP contribution >= 0.6 is 0 Å². The fourth-order valence-corrected chi connectivity index (χ4v) is 2.87. The molecule has 2 rings (SSSR count). The topological polar surface area (TPSA) is 74.4 Å². The van der Waals surface area contributed by atoms with E-state index in [0.29, 0.717) is 22.6 Å². The fourth-order valence-electron chi connectivity index (χ4n) is 2.87. The predicted octanol–water partition coefficient (Wildman–Crippen LogP) is 3.74. The highest BCUT2D eigenvalue weighted by Gasteiger charge is 2.14. The van der Waals surface area contributed by atoms with Crippen LogP contribution in [0.2, 0.25) is 0 Å². The van der Waals surface area contributed by atoms with Crippen molar-refractivity contribution in [3.63, 3.8) is 0 Å². The molecule has 6 heteroatoms. The van der Waals surface area contributed by atoms with Gasteiger partial charge >= 0.3 is 0 Å². The van der Waals surface area contributed by atoms with Crippen LogP contribution < -0.4 is 20.9 Å². The second kappa shape index (κ2) is 8.68. The molecule has 144 valence electrons. The molecule has 2 aromatic carbocycles. The lowest BCUT2D eigenvalue weighted by atomic mass is 10.0. The first kappa shape index (κ1) is 20.5. The first-order chi connectivity index (χ1) is 12.8. The molecule has 0 amide bonds. The van der Waals surface area contributed by atoms with Crippen molar-refractivity contribution in [3.8, 4) is 5.75 Å². The van der Waals surface area contributed by atoms with Gasteiger partial charge in [0.2, 0.25) is 0 Å². The number of allylic oxidation sites excluding steroid dienone is 1. The van der Waals surface area contributed by atoms with E-state index in [1.807, 2.05) is 26.0 Å². The maximum absolute atomic E-state index is 14.0. The SMILES string of the molecule is CN/C=C\C(=N)c1cc(C)c(OCc2c(N(C)N)ccc(F)c2C)cc1C. The molecule has 0 atom stereocenters. The smallest absolute Gasteiger partial charge is 0.126 e. The van der Waals surface area contributed by atoms with Crippen molar-refractivity contribution in [1.29, 1.82) is 5.41 Å². The van der Waals surface area contributed by atoms with Crippen molar-refractivity contribution in [2.45, 2.75) is 27.4 Å². The number of anilines is 1. The lowest BCUT2D eigenvalue weighted by molar-refractivity contribution is 0.302. The van der Waals surface area contributed by atoms with Gasteiger partial charge in [0.05, 0.1) is 11.4 Å². The Labute approximate surface area is 160 Å². The van der Waals surface area contributed by atoms with Gasteiger partial charge in [0.25, 0.3) is 0 Å². The first-order valence-corrected chi connectivity index (χ1v) is 8.69. The molecule has 0 bridgehead atoms. The number of halogens is 1. The molecule has 0 unspecified atom stereocenters. The van der Waals surface area contributed by atoms with E-state index in [4.69, 9.17) is 16.0 Å². The van der Waals surface area contributed by atoms with Crippen LogP contribution in [-0.4, -0.2) is 19.8 Å². The molecule has 4 N–H and O–H groups in total. The summed E-state index contributed by atoms with van der Waals surface area (Å²) >= 11 is 0. The lowest BCUT2D eigenvalue weighted by Gasteiger charge is -2.20. The maximum Gasteiger partial charge on any atom is 0.126 e. The van der Waals surface area contributed by atoms with Crippen LogP contribution in [0.5, 0.6) is 5.75 Å². The van der Waals surface area contributed by atoms with Crippen LogP contribution in [0.1, 0.15) is 27.8 Å². The largest absolute Gasteiger partial charge is 0.489 e. The van der Waals surface area contributed by atoms with Gasteiger partial charge in [-0.3, -0.25) is 0 Å². The normalized spacial score (nSPS) is 10.9.